The average molecular weight is 262 g/mol. The quantitative estimate of drug-likeness (QED) is 0.817. The maximum Gasteiger partial charge on any atom is 0.401 e. The Morgan fingerprint density at radius 1 is 1.22 bits per heavy atom. The third-order valence-electron chi connectivity index (χ3n) is 2.62. The molecule has 0 saturated carbocycles. The lowest BCUT2D eigenvalue weighted by Crippen LogP contribution is -2.41. The summed E-state index contributed by atoms with van der Waals surface area (Å²) in [6.45, 7) is -1.40. The van der Waals surface area contributed by atoms with Gasteiger partial charge in [0.25, 0.3) is 0 Å². The van der Waals surface area contributed by atoms with Crippen molar-refractivity contribution in [1.82, 2.24) is 4.90 Å². The van der Waals surface area contributed by atoms with Crippen LogP contribution in [0.3, 0.4) is 0 Å². The minimum Gasteiger partial charge on any atom is -0.395 e. The number of nitrogens with zero attached hydrogens (tertiary/aromatic N) is 1. The third kappa shape index (κ3) is 4.64. The first-order valence-corrected chi connectivity index (χ1v) is 5.64. The summed E-state index contributed by atoms with van der Waals surface area (Å²) in [5.41, 5.74) is 6.28. The second kappa shape index (κ2) is 6.72. The molecule has 0 aliphatic carbocycles. The largest absolute Gasteiger partial charge is 0.401 e. The van der Waals surface area contributed by atoms with Crippen molar-refractivity contribution in [3.05, 3.63) is 35.9 Å². The van der Waals surface area contributed by atoms with Gasteiger partial charge in [0.15, 0.2) is 0 Å². The second-order valence-corrected chi connectivity index (χ2v) is 3.97. The van der Waals surface area contributed by atoms with Gasteiger partial charge < -0.3 is 10.8 Å². The zero-order valence-electron chi connectivity index (χ0n) is 9.90. The SMILES string of the molecule is NCC(c1ccccc1)N(CCO)CC(F)(F)F. The minimum absolute atomic E-state index is 0.0593. The van der Waals surface area contributed by atoms with Crippen LogP contribution < -0.4 is 5.73 Å². The molecule has 1 aromatic rings. The van der Waals surface area contributed by atoms with E-state index in [0.717, 1.165) is 10.5 Å². The van der Waals surface area contributed by atoms with E-state index in [1.165, 1.54) is 0 Å². The number of aliphatic hydroxyl groups is 1. The predicted molar refractivity (Wildman–Crippen MR) is 63.0 cm³/mol. The number of nitrogens with two attached hydrogens (primary N) is 1. The number of alkyl halides is 3. The Bertz CT molecular complexity index is 343. The van der Waals surface area contributed by atoms with Gasteiger partial charge in [-0.05, 0) is 5.56 Å². The van der Waals surface area contributed by atoms with Gasteiger partial charge in [-0.25, -0.2) is 0 Å². The first-order chi connectivity index (χ1) is 8.48. The maximum absolute atomic E-state index is 12.5. The molecule has 1 rings (SSSR count). The molecule has 0 aromatic heterocycles. The summed E-state index contributed by atoms with van der Waals surface area (Å²) in [7, 11) is 0. The van der Waals surface area contributed by atoms with Crippen molar-refractivity contribution in [2.45, 2.75) is 12.2 Å². The van der Waals surface area contributed by atoms with Gasteiger partial charge in [-0.15, -0.1) is 0 Å². The zero-order valence-corrected chi connectivity index (χ0v) is 9.90. The van der Waals surface area contributed by atoms with Crippen LogP contribution in [-0.4, -0.2) is 42.4 Å². The fourth-order valence-corrected chi connectivity index (χ4v) is 1.87. The summed E-state index contributed by atoms with van der Waals surface area (Å²) >= 11 is 0. The smallest absolute Gasteiger partial charge is 0.395 e. The first kappa shape index (κ1) is 14.9. The van der Waals surface area contributed by atoms with Gasteiger partial charge in [0.05, 0.1) is 13.2 Å². The van der Waals surface area contributed by atoms with E-state index in [1.807, 2.05) is 0 Å². The van der Waals surface area contributed by atoms with Crippen LogP contribution >= 0.6 is 0 Å². The number of hydrogen-bond acceptors (Lipinski definition) is 3. The van der Waals surface area contributed by atoms with Crippen LogP contribution in [0.15, 0.2) is 30.3 Å². The lowest BCUT2D eigenvalue weighted by atomic mass is 10.1. The van der Waals surface area contributed by atoms with Crippen LogP contribution in [0.2, 0.25) is 0 Å². The molecule has 1 atom stereocenters. The van der Waals surface area contributed by atoms with E-state index >= 15 is 0 Å². The Morgan fingerprint density at radius 3 is 2.28 bits per heavy atom. The van der Waals surface area contributed by atoms with Gasteiger partial charge in [0.1, 0.15) is 0 Å². The Labute approximate surface area is 104 Å². The molecule has 0 radical (unpaired) electrons. The van der Waals surface area contributed by atoms with E-state index in [4.69, 9.17) is 10.8 Å². The fraction of sp³-hybridized carbons (Fsp3) is 0.500. The van der Waals surface area contributed by atoms with E-state index in [-0.39, 0.29) is 19.7 Å². The first-order valence-electron chi connectivity index (χ1n) is 5.64. The van der Waals surface area contributed by atoms with Gasteiger partial charge in [-0.1, -0.05) is 30.3 Å². The molecule has 3 N–H and O–H groups in total. The molecular weight excluding hydrogens is 245 g/mol. The number of benzene rings is 1. The monoisotopic (exact) mass is 262 g/mol. The highest BCUT2D eigenvalue weighted by atomic mass is 19.4. The van der Waals surface area contributed by atoms with Crippen molar-refractivity contribution in [2.75, 3.05) is 26.2 Å². The maximum atomic E-state index is 12.5. The summed E-state index contributed by atoms with van der Waals surface area (Å²) in [6, 6.07) is 8.22. The van der Waals surface area contributed by atoms with Crippen molar-refractivity contribution >= 4 is 0 Å². The molecule has 3 nitrogen and oxygen atoms in total. The molecular formula is C12H17F3N2O. The summed E-state index contributed by atoms with van der Waals surface area (Å²) < 4.78 is 37.4. The molecule has 102 valence electrons. The second-order valence-electron chi connectivity index (χ2n) is 3.97. The molecule has 0 amide bonds. The highest BCUT2D eigenvalue weighted by Crippen LogP contribution is 2.24. The normalized spacial score (nSPS) is 13.9. The molecule has 0 heterocycles. The van der Waals surface area contributed by atoms with E-state index in [0.29, 0.717) is 0 Å². The Morgan fingerprint density at radius 2 is 1.83 bits per heavy atom. The van der Waals surface area contributed by atoms with Gasteiger partial charge in [0, 0.05) is 19.1 Å². The van der Waals surface area contributed by atoms with E-state index < -0.39 is 18.8 Å². The number of rotatable bonds is 6. The molecule has 0 aliphatic rings. The van der Waals surface area contributed by atoms with Crippen LogP contribution in [-0.2, 0) is 0 Å². The van der Waals surface area contributed by atoms with Gasteiger partial charge in [-0.3, -0.25) is 4.90 Å². The molecule has 0 fully saturated rings. The average Bonchev–Trinajstić information content (AvgIpc) is 2.29. The molecule has 1 unspecified atom stereocenters. The Hall–Kier alpha value is -1.11. The van der Waals surface area contributed by atoms with Crippen molar-refractivity contribution in [3.8, 4) is 0 Å². The Balaban J connectivity index is 2.87. The van der Waals surface area contributed by atoms with Crippen LogP contribution in [0.1, 0.15) is 11.6 Å². The van der Waals surface area contributed by atoms with Crippen LogP contribution in [0, 0.1) is 0 Å². The highest BCUT2D eigenvalue weighted by Gasteiger charge is 2.33. The number of aliphatic hydroxyl groups excluding tert-OH is 1. The lowest BCUT2D eigenvalue weighted by molar-refractivity contribution is -0.151. The Kier molecular flexibility index (Phi) is 5.58. The summed E-state index contributed by atoms with van der Waals surface area (Å²) in [4.78, 5) is 1.15. The standard InChI is InChI=1S/C12H17F3N2O/c13-12(14,15)9-17(6-7-18)11(8-16)10-4-2-1-3-5-10/h1-5,11,18H,6-9,16H2. The van der Waals surface area contributed by atoms with Crippen molar-refractivity contribution in [1.29, 1.82) is 0 Å². The molecule has 0 bridgehead atoms. The zero-order chi connectivity index (χ0) is 13.6. The van der Waals surface area contributed by atoms with Crippen LogP contribution in [0.25, 0.3) is 0 Å². The van der Waals surface area contributed by atoms with E-state index in [1.54, 1.807) is 30.3 Å². The van der Waals surface area contributed by atoms with E-state index in [9.17, 15) is 13.2 Å². The molecule has 6 heteroatoms. The van der Waals surface area contributed by atoms with Gasteiger partial charge in [0.2, 0.25) is 0 Å². The summed E-state index contributed by atoms with van der Waals surface area (Å²) in [6.07, 6.45) is -4.31. The minimum atomic E-state index is -4.31. The topological polar surface area (TPSA) is 49.5 Å². The van der Waals surface area contributed by atoms with E-state index in [2.05, 4.69) is 0 Å². The fourth-order valence-electron chi connectivity index (χ4n) is 1.87. The summed E-state index contributed by atoms with van der Waals surface area (Å²) in [5, 5.41) is 8.87. The predicted octanol–water partition coefficient (Wildman–Crippen LogP) is 1.54. The van der Waals surface area contributed by atoms with Crippen molar-refractivity contribution in [2.24, 2.45) is 5.73 Å². The highest BCUT2D eigenvalue weighted by molar-refractivity contribution is 5.19. The molecule has 1 aromatic carbocycles. The molecule has 0 saturated heterocycles. The molecule has 0 aliphatic heterocycles. The number of halogens is 3. The molecule has 18 heavy (non-hydrogen) atoms. The van der Waals surface area contributed by atoms with Crippen molar-refractivity contribution < 1.29 is 18.3 Å². The summed E-state index contributed by atoms with van der Waals surface area (Å²) in [5.74, 6) is 0. The number of hydrogen-bond donors (Lipinski definition) is 2. The van der Waals surface area contributed by atoms with Crippen LogP contribution in [0.4, 0.5) is 13.2 Å². The van der Waals surface area contributed by atoms with Gasteiger partial charge >= 0.3 is 6.18 Å². The van der Waals surface area contributed by atoms with Crippen LogP contribution in [0.5, 0.6) is 0 Å². The van der Waals surface area contributed by atoms with Gasteiger partial charge in [-0.2, -0.15) is 13.2 Å². The van der Waals surface area contributed by atoms with Crippen molar-refractivity contribution in [3.63, 3.8) is 0 Å². The lowest BCUT2D eigenvalue weighted by Gasteiger charge is -2.31. The third-order valence-corrected chi connectivity index (χ3v) is 2.62. The molecule has 0 spiro atoms.